The Morgan fingerprint density at radius 2 is 1.75 bits per heavy atom. The smallest absolute Gasteiger partial charge is 0.110 e. The van der Waals surface area contributed by atoms with E-state index in [-0.39, 0.29) is 6.54 Å². The average molecular weight is 235 g/mol. The van der Waals surface area contributed by atoms with Crippen molar-refractivity contribution in [2.24, 2.45) is 0 Å². The number of β-amino-alcohol motifs (C(OH)–C–C–N with tert-alkyl or cyclic N) is 1. The van der Waals surface area contributed by atoms with Crippen molar-refractivity contribution in [1.29, 1.82) is 0 Å². The van der Waals surface area contributed by atoms with Crippen molar-refractivity contribution in [1.82, 2.24) is 5.32 Å². The number of hydrogen-bond donors (Lipinski definition) is 6. The molecule has 0 spiro atoms. The molecule has 16 heavy (non-hydrogen) atoms. The molecule has 7 heteroatoms. The zero-order valence-corrected chi connectivity index (χ0v) is 8.60. The quantitative estimate of drug-likeness (QED) is 0.275. The van der Waals surface area contributed by atoms with Crippen molar-refractivity contribution < 1.29 is 30.3 Å². The van der Waals surface area contributed by atoms with Crippen molar-refractivity contribution in [3.8, 4) is 0 Å². The van der Waals surface area contributed by atoms with Crippen LogP contribution >= 0.6 is 0 Å². The molecule has 0 aromatic heterocycles. The van der Waals surface area contributed by atoms with Gasteiger partial charge in [0.1, 0.15) is 30.5 Å². The molecule has 7 nitrogen and oxygen atoms in total. The summed E-state index contributed by atoms with van der Waals surface area (Å²) in [5.41, 5.74) is 0. The van der Waals surface area contributed by atoms with Crippen LogP contribution in [0.2, 0.25) is 0 Å². The number of hydrogen-bond acceptors (Lipinski definition) is 7. The molecule has 0 aliphatic carbocycles. The van der Waals surface area contributed by atoms with Crippen LogP contribution in [0, 0.1) is 0 Å². The fraction of sp³-hybridized carbons (Fsp3) is 1.00. The van der Waals surface area contributed by atoms with E-state index in [1.54, 1.807) is 0 Å². The van der Waals surface area contributed by atoms with E-state index in [1.807, 2.05) is 0 Å². The summed E-state index contributed by atoms with van der Waals surface area (Å²) < 4.78 is 5.27. The van der Waals surface area contributed by atoms with Crippen LogP contribution in [0.15, 0.2) is 0 Å². The van der Waals surface area contributed by atoms with Crippen LogP contribution in [0.5, 0.6) is 0 Å². The van der Waals surface area contributed by atoms with Gasteiger partial charge in [0, 0.05) is 6.54 Å². The van der Waals surface area contributed by atoms with Crippen molar-refractivity contribution in [2.45, 2.75) is 42.7 Å². The molecule has 7 atom stereocenters. The zero-order valence-electron chi connectivity index (χ0n) is 8.60. The van der Waals surface area contributed by atoms with Crippen molar-refractivity contribution in [2.75, 3.05) is 13.2 Å². The van der Waals surface area contributed by atoms with E-state index in [0.29, 0.717) is 0 Å². The van der Waals surface area contributed by atoms with Crippen LogP contribution in [0.25, 0.3) is 0 Å². The summed E-state index contributed by atoms with van der Waals surface area (Å²) in [5, 5.41) is 50.3. The Bertz CT molecular complexity index is 252. The largest absolute Gasteiger partial charge is 0.394 e. The molecular weight excluding hydrogens is 218 g/mol. The van der Waals surface area contributed by atoms with Gasteiger partial charge in [0.2, 0.25) is 0 Å². The molecular formula is C9H17NO6. The van der Waals surface area contributed by atoms with Gasteiger partial charge in [-0.1, -0.05) is 0 Å². The number of aliphatic hydroxyl groups excluding tert-OH is 5. The van der Waals surface area contributed by atoms with Crippen LogP contribution in [0.1, 0.15) is 0 Å². The third-order valence-electron chi connectivity index (χ3n) is 3.26. The first-order valence-corrected chi connectivity index (χ1v) is 5.28. The van der Waals surface area contributed by atoms with Gasteiger partial charge in [-0.05, 0) is 0 Å². The van der Waals surface area contributed by atoms with E-state index in [4.69, 9.17) is 9.84 Å². The highest BCUT2D eigenvalue weighted by atomic mass is 16.5. The van der Waals surface area contributed by atoms with Gasteiger partial charge in [-0.15, -0.1) is 0 Å². The molecule has 0 aromatic carbocycles. The highest BCUT2D eigenvalue weighted by Crippen LogP contribution is 2.26. The number of ether oxygens (including phenoxy) is 1. The van der Waals surface area contributed by atoms with Crippen LogP contribution in [0.4, 0.5) is 0 Å². The molecule has 2 rings (SSSR count). The maximum Gasteiger partial charge on any atom is 0.110 e. The Kier molecular flexibility index (Phi) is 3.45. The van der Waals surface area contributed by atoms with E-state index in [0.717, 1.165) is 0 Å². The van der Waals surface area contributed by atoms with Crippen molar-refractivity contribution in [3.63, 3.8) is 0 Å². The van der Waals surface area contributed by atoms with E-state index in [9.17, 15) is 20.4 Å². The predicted octanol–water partition coefficient (Wildman–Crippen LogP) is -3.84. The van der Waals surface area contributed by atoms with Gasteiger partial charge in [-0.2, -0.15) is 0 Å². The minimum atomic E-state index is -1.21. The number of fused-ring (bicyclic) bond motifs is 1. The summed E-state index contributed by atoms with van der Waals surface area (Å²) in [7, 11) is 0. The molecule has 0 bridgehead atoms. The lowest BCUT2D eigenvalue weighted by Crippen LogP contribution is -2.71. The molecule has 0 amide bonds. The highest BCUT2D eigenvalue weighted by Gasteiger charge is 2.50. The molecule has 2 fully saturated rings. The summed E-state index contributed by atoms with van der Waals surface area (Å²) in [6, 6.07) is -0.642. The molecule has 6 N–H and O–H groups in total. The van der Waals surface area contributed by atoms with Gasteiger partial charge in [0.25, 0.3) is 0 Å². The normalized spacial score (nSPS) is 53.4. The van der Waals surface area contributed by atoms with Gasteiger partial charge in [-0.25, -0.2) is 0 Å². The first-order valence-electron chi connectivity index (χ1n) is 5.28. The topological polar surface area (TPSA) is 122 Å². The average Bonchev–Trinajstić information content (AvgIpc) is 2.28. The van der Waals surface area contributed by atoms with Gasteiger partial charge in [-0.3, -0.25) is 0 Å². The molecule has 0 aromatic rings. The lowest BCUT2D eigenvalue weighted by Gasteiger charge is -2.48. The van der Waals surface area contributed by atoms with Crippen LogP contribution < -0.4 is 5.32 Å². The SMILES string of the molecule is OC[C@H]1O[C@@H]2[C@@H](O)[C@@H](O)CN[C@@H]2[C@@H](O)[C@H]1O. The molecule has 94 valence electrons. The van der Waals surface area contributed by atoms with E-state index >= 15 is 0 Å². The second kappa shape index (κ2) is 4.53. The number of nitrogens with one attached hydrogen (secondary N) is 1. The fourth-order valence-corrected chi connectivity index (χ4v) is 2.27. The maximum atomic E-state index is 9.78. The second-order valence-electron chi connectivity index (χ2n) is 4.29. The Morgan fingerprint density at radius 1 is 1.06 bits per heavy atom. The predicted molar refractivity (Wildman–Crippen MR) is 51.6 cm³/mol. The van der Waals surface area contributed by atoms with E-state index < -0.39 is 49.3 Å². The van der Waals surface area contributed by atoms with E-state index in [2.05, 4.69) is 5.32 Å². The van der Waals surface area contributed by atoms with Crippen molar-refractivity contribution >= 4 is 0 Å². The van der Waals surface area contributed by atoms with Crippen LogP contribution in [-0.2, 0) is 4.74 Å². The molecule has 2 aliphatic rings. The Hall–Kier alpha value is -0.280. The Labute approximate surface area is 92.3 Å². The summed E-state index contributed by atoms with van der Waals surface area (Å²) >= 11 is 0. The summed E-state index contributed by atoms with van der Waals surface area (Å²) in [4.78, 5) is 0. The third kappa shape index (κ3) is 1.84. The summed E-state index contributed by atoms with van der Waals surface area (Å²) in [6.45, 7) is -0.330. The van der Waals surface area contributed by atoms with Gasteiger partial charge >= 0.3 is 0 Å². The minimum absolute atomic E-state index is 0.124. The van der Waals surface area contributed by atoms with Crippen LogP contribution in [-0.4, -0.2) is 81.3 Å². The standard InChI is InChI=1S/C9H17NO6/c11-2-4-7(14)8(15)5-9(16-4)6(13)3(12)1-10-5/h3-15H,1-2H2/t3-,4+,5+,6-,7-,8+,9-/m0/s1. The molecule has 0 unspecified atom stereocenters. The minimum Gasteiger partial charge on any atom is -0.394 e. The highest BCUT2D eigenvalue weighted by molar-refractivity contribution is 5.03. The second-order valence-corrected chi connectivity index (χ2v) is 4.29. The number of piperidine rings is 1. The molecule has 2 heterocycles. The van der Waals surface area contributed by atoms with E-state index in [1.165, 1.54) is 0 Å². The van der Waals surface area contributed by atoms with Gasteiger partial charge < -0.3 is 35.6 Å². The zero-order chi connectivity index (χ0) is 11.9. The molecule has 0 saturated carbocycles. The molecule has 0 radical (unpaired) electrons. The first kappa shape index (κ1) is 12.2. The number of aliphatic hydroxyl groups is 5. The first-order chi connectivity index (χ1) is 7.56. The Morgan fingerprint density at radius 3 is 2.38 bits per heavy atom. The lowest BCUT2D eigenvalue weighted by atomic mass is 9.85. The van der Waals surface area contributed by atoms with Crippen molar-refractivity contribution in [3.05, 3.63) is 0 Å². The molecule has 2 aliphatic heterocycles. The monoisotopic (exact) mass is 235 g/mol. The fourth-order valence-electron chi connectivity index (χ4n) is 2.27. The summed E-state index contributed by atoms with van der Waals surface area (Å²) in [5.74, 6) is 0. The third-order valence-corrected chi connectivity index (χ3v) is 3.26. The summed E-state index contributed by atoms with van der Waals surface area (Å²) in [6.07, 6.45) is -6.25. The molecule has 2 saturated heterocycles. The van der Waals surface area contributed by atoms with Gasteiger partial charge in [0.05, 0.1) is 18.8 Å². The Balaban J connectivity index is 2.15. The van der Waals surface area contributed by atoms with Gasteiger partial charge in [0.15, 0.2) is 0 Å². The maximum absolute atomic E-state index is 9.78. The lowest BCUT2D eigenvalue weighted by molar-refractivity contribution is -0.237. The number of rotatable bonds is 1. The van der Waals surface area contributed by atoms with Crippen LogP contribution in [0.3, 0.4) is 0 Å².